The molecule has 2 aromatic heterocycles. The number of anilines is 1. The molecule has 96 valence electrons. The SMILES string of the molecule is COc1ccc(N)n2c(C3CCNCC3)nnc12. The molecule has 6 heteroatoms. The fourth-order valence-electron chi connectivity index (χ4n) is 2.52. The van der Waals surface area contributed by atoms with Crippen LogP contribution in [0.2, 0.25) is 0 Å². The molecule has 1 aliphatic heterocycles. The summed E-state index contributed by atoms with van der Waals surface area (Å²) in [6.45, 7) is 2.03. The van der Waals surface area contributed by atoms with E-state index in [4.69, 9.17) is 10.5 Å². The molecule has 0 radical (unpaired) electrons. The molecule has 0 spiro atoms. The highest BCUT2D eigenvalue weighted by Gasteiger charge is 2.22. The quantitative estimate of drug-likeness (QED) is 0.820. The molecule has 0 aromatic carbocycles. The maximum Gasteiger partial charge on any atom is 0.204 e. The van der Waals surface area contributed by atoms with Gasteiger partial charge >= 0.3 is 0 Å². The Kier molecular flexibility index (Phi) is 2.79. The first kappa shape index (κ1) is 11.3. The molecule has 0 aliphatic carbocycles. The lowest BCUT2D eigenvalue weighted by Crippen LogP contribution is -2.27. The summed E-state index contributed by atoms with van der Waals surface area (Å²) in [4.78, 5) is 0. The standard InChI is InChI=1S/C12H17N5O/c1-18-9-2-3-10(13)17-11(15-16-12(9)17)8-4-6-14-7-5-8/h2-3,8,14H,4-7,13H2,1H3. The van der Waals surface area contributed by atoms with E-state index < -0.39 is 0 Å². The number of nitrogen functional groups attached to an aromatic ring is 1. The van der Waals surface area contributed by atoms with Crippen molar-refractivity contribution >= 4 is 11.5 Å². The number of nitrogens with zero attached hydrogens (tertiary/aromatic N) is 3. The average molecular weight is 247 g/mol. The summed E-state index contributed by atoms with van der Waals surface area (Å²) in [6, 6.07) is 3.66. The summed E-state index contributed by atoms with van der Waals surface area (Å²) >= 11 is 0. The van der Waals surface area contributed by atoms with Gasteiger partial charge in [-0.25, -0.2) is 0 Å². The summed E-state index contributed by atoms with van der Waals surface area (Å²) in [7, 11) is 1.63. The maximum atomic E-state index is 6.04. The molecule has 3 heterocycles. The molecule has 0 unspecified atom stereocenters. The zero-order valence-electron chi connectivity index (χ0n) is 10.4. The fourth-order valence-corrected chi connectivity index (χ4v) is 2.52. The molecule has 3 rings (SSSR count). The van der Waals surface area contributed by atoms with Crippen LogP contribution in [0.25, 0.3) is 5.65 Å². The largest absolute Gasteiger partial charge is 0.493 e. The highest BCUT2D eigenvalue weighted by Crippen LogP contribution is 2.29. The Balaban J connectivity index is 2.12. The van der Waals surface area contributed by atoms with Crippen LogP contribution in [0.1, 0.15) is 24.6 Å². The molecular weight excluding hydrogens is 230 g/mol. The van der Waals surface area contributed by atoms with Gasteiger partial charge in [0.1, 0.15) is 11.6 Å². The first-order valence-electron chi connectivity index (χ1n) is 6.19. The Hall–Kier alpha value is -1.82. The van der Waals surface area contributed by atoms with E-state index in [0.717, 1.165) is 31.8 Å². The molecule has 0 saturated carbocycles. The number of nitrogens with one attached hydrogen (secondary N) is 1. The minimum absolute atomic E-state index is 0.413. The maximum absolute atomic E-state index is 6.04. The summed E-state index contributed by atoms with van der Waals surface area (Å²) in [5, 5.41) is 11.9. The first-order valence-corrected chi connectivity index (χ1v) is 6.19. The third-order valence-corrected chi connectivity index (χ3v) is 3.50. The Labute approximate surface area is 105 Å². The van der Waals surface area contributed by atoms with Crippen LogP contribution in [-0.2, 0) is 0 Å². The second kappa shape index (κ2) is 4.45. The molecule has 3 N–H and O–H groups in total. The molecule has 1 aliphatic rings. The number of nitrogens with two attached hydrogens (primary N) is 1. The van der Waals surface area contributed by atoms with Gasteiger partial charge in [-0.2, -0.15) is 0 Å². The Morgan fingerprint density at radius 3 is 2.83 bits per heavy atom. The van der Waals surface area contributed by atoms with Crippen molar-refractivity contribution in [2.75, 3.05) is 25.9 Å². The Morgan fingerprint density at radius 2 is 2.11 bits per heavy atom. The van der Waals surface area contributed by atoms with E-state index in [-0.39, 0.29) is 0 Å². The van der Waals surface area contributed by atoms with Crippen LogP contribution in [0.5, 0.6) is 5.75 Å². The molecule has 1 fully saturated rings. The lowest BCUT2D eigenvalue weighted by atomic mass is 9.97. The highest BCUT2D eigenvalue weighted by molar-refractivity contribution is 5.59. The number of hydrogen-bond acceptors (Lipinski definition) is 5. The summed E-state index contributed by atoms with van der Waals surface area (Å²) in [5.41, 5.74) is 6.74. The number of ether oxygens (including phenoxy) is 1. The molecular formula is C12H17N5O. The number of hydrogen-bond donors (Lipinski definition) is 2. The first-order chi connectivity index (χ1) is 8.81. The lowest BCUT2D eigenvalue weighted by Gasteiger charge is -2.21. The number of fused-ring (bicyclic) bond motifs is 1. The van der Waals surface area contributed by atoms with Crippen molar-refractivity contribution in [3.8, 4) is 5.75 Å². The zero-order chi connectivity index (χ0) is 12.5. The molecule has 0 bridgehead atoms. The van der Waals surface area contributed by atoms with E-state index in [1.54, 1.807) is 7.11 Å². The normalized spacial score (nSPS) is 17.2. The summed E-state index contributed by atoms with van der Waals surface area (Å²) in [6.07, 6.45) is 2.13. The number of rotatable bonds is 2. The average Bonchev–Trinajstić information content (AvgIpc) is 2.86. The van der Waals surface area contributed by atoms with Crippen LogP contribution in [0.3, 0.4) is 0 Å². The van der Waals surface area contributed by atoms with Gasteiger partial charge in [0, 0.05) is 5.92 Å². The van der Waals surface area contributed by atoms with Crippen molar-refractivity contribution in [3.63, 3.8) is 0 Å². The minimum atomic E-state index is 0.413. The van der Waals surface area contributed by atoms with Gasteiger partial charge < -0.3 is 15.8 Å². The second-order valence-electron chi connectivity index (χ2n) is 4.57. The summed E-state index contributed by atoms with van der Waals surface area (Å²) in [5.74, 6) is 2.72. The number of methoxy groups -OCH3 is 1. The molecule has 0 amide bonds. The van der Waals surface area contributed by atoms with Gasteiger partial charge in [-0.1, -0.05) is 0 Å². The van der Waals surface area contributed by atoms with Gasteiger partial charge in [-0.15, -0.1) is 10.2 Å². The zero-order valence-corrected chi connectivity index (χ0v) is 10.4. The minimum Gasteiger partial charge on any atom is -0.493 e. The topological polar surface area (TPSA) is 77.5 Å². The number of aromatic nitrogens is 3. The fraction of sp³-hybridized carbons (Fsp3) is 0.500. The smallest absolute Gasteiger partial charge is 0.204 e. The van der Waals surface area contributed by atoms with Crippen molar-refractivity contribution < 1.29 is 4.74 Å². The van der Waals surface area contributed by atoms with Crippen molar-refractivity contribution in [3.05, 3.63) is 18.0 Å². The van der Waals surface area contributed by atoms with Crippen molar-refractivity contribution in [2.45, 2.75) is 18.8 Å². The third kappa shape index (κ3) is 1.69. The summed E-state index contributed by atoms with van der Waals surface area (Å²) < 4.78 is 7.20. The van der Waals surface area contributed by atoms with E-state index in [2.05, 4.69) is 15.5 Å². The van der Waals surface area contributed by atoms with Crippen LogP contribution in [0, 0.1) is 0 Å². The van der Waals surface area contributed by atoms with Crippen LogP contribution in [-0.4, -0.2) is 34.8 Å². The van der Waals surface area contributed by atoms with E-state index >= 15 is 0 Å². The van der Waals surface area contributed by atoms with E-state index in [1.165, 1.54) is 0 Å². The van der Waals surface area contributed by atoms with Crippen LogP contribution < -0.4 is 15.8 Å². The van der Waals surface area contributed by atoms with Crippen LogP contribution in [0.4, 0.5) is 5.82 Å². The van der Waals surface area contributed by atoms with Gasteiger partial charge in [0.25, 0.3) is 0 Å². The molecule has 1 saturated heterocycles. The van der Waals surface area contributed by atoms with Gasteiger partial charge in [0.2, 0.25) is 5.65 Å². The van der Waals surface area contributed by atoms with Crippen LogP contribution >= 0.6 is 0 Å². The van der Waals surface area contributed by atoms with Gasteiger partial charge in [0.15, 0.2) is 5.75 Å². The molecule has 18 heavy (non-hydrogen) atoms. The lowest BCUT2D eigenvalue weighted by molar-refractivity contribution is 0.416. The third-order valence-electron chi connectivity index (χ3n) is 3.50. The number of piperidine rings is 1. The monoisotopic (exact) mass is 247 g/mol. The Bertz CT molecular complexity index is 559. The van der Waals surface area contributed by atoms with Crippen molar-refractivity contribution in [1.29, 1.82) is 0 Å². The second-order valence-corrected chi connectivity index (χ2v) is 4.57. The number of pyridine rings is 1. The predicted octanol–water partition coefficient (Wildman–Crippen LogP) is 0.787. The van der Waals surface area contributed by atoms with Crippen LogP contribution in [0.15, 0.2) is 12.1 Å². The molecule has 2 aromatic rings. The predicted molar refractivity (Wildman–Crippen MR) is 68.8 cm³/mol. The molecule has 6 nitrogen and oxygen atoms in total. The van der Waals surface area contributed by atoms with Crippen molar-refractivity contribution in [1.82, 2.24) is 19.9 Å². The van der Waals surface area contributed by atoms with E-state index in [0.29, 0.717) is 23.1 Å². The highest BCUT2D eigenvalue weighted by atomic mass is 16.5. The van der Waals surface area contributed by atoms with Crippen molar-refractivity contribution in [2.24, 2.45) is 0 Å². The van der Waals surface area contributed by atoms with Gasteiger partial charge in [0.05, 0.1) is 7.11 Å². The van der Waals surface area contributed by atoms with E-state index in [9.17, 15) is 0 Å². The van der Waals surface area contributed by atoms with E-state index in [1.807, 2.05) is 16.5 Å². The Morgan fingerprint density at radius 1 is 1.33 bits per heavy atom. The van der Waals surface area contributed by atoms with Gasteiger partial charge in [-0.3, -0.25) is 4.40 Å². The van der Waals surface area contributed by atoms with Gasteiger partial charge in [-0.05, 0) is 38.1 Å². The molecule has 0 atom stereocenters.